The minimum atomic E-state index is 0. The summed E-state index contributed by atoms with van der Waals surface area (Å²) >= 11 is 0. The Balaban J connectivity index is 0.00000146. The number of allylic oxidation sites excluding steroid dienone is 6. The molecule has 0 aromatic heterocycles. The molecule has 0 aromatic carbocycles. The van der Waals surface area contributed by atoms with Crippen molar-refractivity contribution in [3.05, 3.63) is 35.3 Å². The van der Waals surface area contributed by atoms with Crippen LogP contribution >= 0.6 is 0 Å². The fourth-order valence-electron chi connectivity index (χ4n) is 4.24. The SMILES string of the molecule is C1=C2CCC(=N2)C=C2CCC(N2)C2CCC(=N2)C=C2CCC1=N2.[Mn]. The van der Waals surface area contributed by atoms with Crippen LogP contribution in [-0.2, 0) is 17.1 Å². The van der Waals surface area contributed by atoms with E-state index in [9.17, 15) is 0 Å². The second-order valence-electron chi connectivity index (χ2n) is 7.16. The summed E-state index contributed by atoms with van der Waals surface area (Å²) in [6.07, 6.45) is 15.5. The number of rotatable bonds is 0. The third-order valence-electron chi connectivity index (χ3n) is 5.44. The van der Waals surface area contributed by atoms with E-state index in [0.717, 1.165) is 38.5 Å². The van der Waals surface area contributed by atoms with Gasteiger partial charge in [-0.2, -0.15) is 0 Å². The van der Waals surface area contributed by atoms with Gasteiger partial charge in [0.15, 0.2) is 0 Å². The van der Waals surface area contributed by atoms with E-state index in [1.165, 1.54) is 47.1 Å². The van der Waals surface area contributed by atoms with E-state index in [-0.39, 0.29) is 17.1 Å². The van der Waals surface area contributed by atoms with Crippen molar-refractivity contribution < 1.29 is 17.1 Å². The molecule has 2 unspecified atom stereocenters. The molecule has 1 fully saturated rings. The molecule has 1 radical (unpaired) electrons. The Kier molecular flexibility index (Phi) is 4.31. The Morgan fingerprint density at radius 3 is 2.25 bits per heavy atom. The van der Waals surface area contributed by atoms with Crippen molar-refractivity contribution in [1.82, 2.24) is 5.32 Å². The first-order chi connectivity index (χ1) is 11.3. The zero-order valence-electron chi connectivity index (χ0n) is 13.8. The van der Waals surface area contributed by atoms with Crippen LogP contribution in [0.5, 0.6) is 0 Å². The van der Waals surface area contributed by atoms with Crippen molar-refractivity contribution in [2.45, 2.75) is 63.5 Å². The number of nitrogens with zero attached hydrogens (tertiary/aromatic N) is 3. The molecule has 5 aliphatic heterocycles. The fourth-order valence-corrected chi connectivity index (χ4v) is 4.24. The summed E-state index contributed by atoms with van der Waals surface area (Å²) in [5.41, 5.74) is 7.41. The number of hydrogen-bond donors (Lipinski definition) is 1. The van der Waals surface area contributed by atoms with Gasteiger partial charge in [0, 0.05) is 57.3 Å². The maximum absolute atomic E-state index is 4.98. The Morgan fingerprint density at radius 2 is 1.46 bits per heavy atom. The van der Waals surface area contributed by atoms with Crippen LogP contribution in [0.2, 0.25) is 0 Å². The zero-order valence-corrected chi connectivity index (χ0v) is 14.9. The summed E-state index contributed by atoms with van der Waals surface area (Å²) in [7, 11) is 0. The zero-order chi connectivity index (χ0) is 15.2. The largest absolute Gasteiger partial charge is 0.383 e. The van der Waals surface area contributed by atoms with Crippen LogP contribution in [0, 0.1) is 0 Å². The molecule has 0 aromatic rings. The Bertz CT molecular complexity index is 738. The smallest absolute Gasteiger partial charge is 0.0707 e. The summed E-state index contributed by atoms with van der Waals surface area (Å²) in [4.78, 5) is 14.6. The van der Waals surface area contributed by atoms with E-state index >= 15 is 0 Å². The number of fused-ring (bicyclic) bond motifs is 6. The van der Waals surface area contributed by atoms with Gasteiger partial charge in [-0.05, 0) is 69.6 Å². The first-order valence-electron chi connectivity index (χ1n) is 8.92. The first kappa shape index (κ1) is 16.0. The third-order valence-corrected chi connectivity index (χ3v) is 5.44. The quantitative estimate of drug-likeness (QED) is 0.660. The monoisotopic (exact) mass is 361 g/mol. The molecule has 2 atom stereocenters. The van der Waals surface area contributed by atoms with Crippen LogP contribution in [0.3, 0.4) is 0 Å². The molecule has 0 saturated carbocycles. The van der Waals surface area contributed by atoms with Gasteiger partial charge < -0.3 is 5.32 Å². The molecule has 1 saturated heterocycles. The number of aliphatic imine (C=N–C) groups is 3. The van der Waals surface area contributed by atoms with E-state index in [0.29, 0.717) is 12.1 Å². The van der Waals surface area contributed by atoms with E-state index in [4.69, 9.17) is 15.0 Å². The van der Waals surface area contributed by atoms with E-state index in [2.05, 4.69) is 23.5 Å². The maximum atomic E-state index is 4.98. The van der Waals surface area contributed by atoms with Crippen LogP contribution in [0.4, 0.5) is 0 Å². The molecule has 0 amide bonds. The van der Waals surface area contributed by atoms with Crippen molar-refractivity contribution in [2.75, 3.05) is 0 Å². The van der Waals surface area contributed by atoms with E-state index in [1.807, 2.05) is 0 Å². The van der Waals surface area contributed by atoms with Crippen molar-refractivity contribution >= 4 is 17.1 Å². The second-order valence-corrected chi connectivity index (χ2v) is 7.16. The Morgan fingerprint density at radius 1 is 0.750 bits per heavy atom. The average Bonchev–Trinajstić information content (AvgIpc) is 3.28. The molecule has 24 heavy (non-hydrogen) atoms. The second kappa shape index (κ2) is 6.45. The van der Waals surface area contributed by atoms with Gasteiger partial charge in [-0.25, -0.2) is 0 Å². The summed E-state index contributed by atoms with van der Waals surface area (Å²) in [6.45, 7) is 0. The molecule has 0 aliphatic carbocycles. The van der Waals surface area contributed by atoms with Gasteiger partial charge in [0.2, 0.25) is 0 Å². The number of hydrogen-bond acceptors (Lipinski definition) is 4. The van der Waals surface area contributed by atoms with Crippen molar-refractivity contribution in [1.29, 1.82) is 0 Å². The number of nitrogens with one attached hydrogen (secondary N) is 1. The van der Waals surface area contributed by atoms with Crippen LogP contribution in [0.15, 0.2) is 50.3 Å². The Hall–Kier alpha value is -1.45. The molecule has 125 valence electrons. The Labute approximate surface area is 153 Å². The predicted octanol–water partition coefficient (Wildman–Crippen LogP) is 3.47. The van der Waals surface area contributed by atoms with Crippen molar-refractivity contribution in [3.63, 3.8) is 0 Å². The van der Waals surface area contributed by atoms with Gasteiger partial charge in [0.25, 0.3) is 0 Å². The predicted molar refractivity (Wildman–Crippen MR) is 94.2 cm³/mol. The van der Waals surface area contributed by atoms with Crippen LogP contribution in [0.1, 0.15) is 51.4 Å². The summed E-state index contributed by atoms with van der Waals surface area (Å²) < 4.78 is 0. The van der Waals surface area contributed by atoms with E-state index < -0.39 is 0 Å². The van der Waals surface area contributed by atoms with Gasteiger partial charge in [-0.15, -0.1) is 0 Å². The van der Waals surface area contributed by atoms with Crippen molar-refractivity contribution in [2.24, 2.45) is 15.0 Å². The summed E-state index contributed by atoms with van der Waals surface area (Å²) in [5, 5.41) is 3.71. The topological polar surface area (TPSA) is 49.1 Å². The molecular formula is C19H22MnN4. The van der Waals surface area contributed by atoms with Crippen LogP contribution in [0.25, 0.3) is 0 Å². The first-order valence-corrected chi connectivity index (χ1v) is 8.92. The molecule has 0 spiro atoms. The molecule has 8 bridgehead atoms. The summed E-state index contributed by atoms with van der Waals surface area (Å²) in [5.74, 6) is 0. The standard InChI is InChI=1S/C19H22N4.Mn/c1-3-14-10-16-5-7-18(22-16)19-8-6-17(23-19)11-15-4-2-13(21-15)9-12(1)20-14;/h9-11,18-19,22H,1-8H2;. The van der Waals surface area contributed by atoms with Crippen molar-refractivity contribution in [3.8, 4) is 0 Å². The molecule has 5 rings (SSSR count). The minimum absolute atomic E-state index is 0. The van der Waals surface area contributed by atoms with E-state index in [1.54, 1.807) is 0 Å². The minimum Gasteiger partial charge on any atom is -0.383 e. The molecule has 4 nitrogen and oxygen atoms in total. The van der Waals surface area contributed by atoms with Crippen LogP contribution < -0.4 is 5.32 Å². The molecule has 5 aliphatic rings. The molecular weight excluding hydrogens is 339 g/mol. The van der Waals surface area contributed by atoms with Gasteiger partial charge in [0.1, 0.15) is 0 Å². The maximum Gasteiger partial charge on any atom is 0.0707 e. The van der Waals surface area contributed by atoms with Gasteiger partial charge in [-0.1, -0.05) is 0 Å². The molecule has 5 heterocycles. The van der Waals surface area contributed by atoms with Gasteiger partial charge in [-0.3, -0.25) is 15.0 Å². The van der Waals surface area contributed by atoms with Gasteiger partial charge >= 0.3 is 0 Å². The molecule has 5 heteroatoms. The summed E-state index contributed by atoms with van der Waals surface area (Å²) in [6, 6.07) is 0.934. The van der Waals surface area contributed by atoms with Crippen LogP contribution in [-0.4, -0.2) is 29.2 Å². The fraction of sp³-hybridized carbons (Fsp3) is 0.526. The molecule has 1 N–H and O–H groups in total. The van der Waals surface area contributed by atoms with Gasteiger partial charge in [0.05, 0.1) is 6.04 Å². The third kappa shape index (κ3) is 3.07. The average molecular weight is 361 g/mol. The normalized spacial score (nSPS) is 30.7.